The summed E-state index contributed by atoms with van der Waals surface area (Å²) in [5.74, 6) is 2.00. The molecule has 152 valence electrons. The molecule has 2 N–H and O–H groups in total. The van der Waals surface area contributed by atoms with Crippen molar-refractivity contribution in [2.24, 2.45) is 4.99 Å². The predicted molar refractivity (Wildman–Crippen MR) is 111 cm³/mol. The summed E-state index contributed by atoms with van der Waals surface area (Å²) in [5.41, 5.74) is 2.11. The molecule has 7 heteroatoms. The van der Waals surface area contributed by atoms with E-state index in [1.807, 2.05) is 18.3 Å². The molecule has 0 radical (unpaired) electrons. The second kappa shape index (κ2) is 10.2. The van der Waals surface area contributed by atoms with Gasteiger partial charge in [0, 0.05) is 44.5 Å². The van der Waals surface area contributed by atoms with Gasteiger partial charge in [-0.25, -0.2) is 4.99 Å². The molecular weight excluding hydrogens is 352 g/mol. The Morgan fingerprint density at radius 1 is 1.32 bits per heavy atom. The van der Waals surface area contributed by atoms with Gasteiger partial charge in [-0.2, -0.15) is 0 Å². The van der Waals surface area contributed by atoms with E-state index in [-0.39, 0.29) is 0 Å². The number of nitrogens with one attached hydrogen (secondary N) is 2. The number of aliphatic imine (C=N–C) groups is 1. The molecule has 0 aromatic carbocycles. The Hall–Kier alpha value is -2.41. The second-order valence-corrected chi connectivity index (χ2v) is 7.58. The van der Waals surface area contributed by atoms with Crippen molar-refractivity contribution in [3.05, 3.63) is 47.6 Å². The van der Waals surface area contributed by atoms with Crippen LogP contribution in [0.5, 0.6) is 0 Å². The number of pyridine rings is 1. The molecule has 7 nitrogen and oxygen atoms in total. The topological polar surface area (TPSA) is 78.6 Å². The summed E-state index contributed by atoms with van der Waals surface area (Å²) in [4.78, 5) is 11.6. The zero-order valence-corrected chi connectivity index (χ0v) is 17.2. The normalized spacial score (nSPS) is 16.5. The first-order chi connectivity index (χ1) is 13.6. The average Bonchev–Trinajstić information content (AvgIpc) is 3.18. The summed E-state index contributed by atoms with van der Waals surface area (Å²) in [6, 6.07) is 8.53. The molecule has 0 unspecified atom stereocenters. The number of hydrogen-bond acceptors (Lipinski definition) is 5. The number of piperidine rings is 1. The highest BCUT2D eigenvalue weighted by molar-refractivity contribution is 5.80. The van der Waals surface area contributed by atoms with Crippen LogP contribution in [0.1, 0.15) is 56.7 Å². The van der Waals surface area contributed by atoms with E-state index in [1.54, 1.807) is 0 Å². The fourth-order valence-electron chi connectivity index (χ4n) is 3.30. The van der Waals surface area contributed by atoms with E-state index in [2.05, 4.69) is 63.6 Å². The lowest BCUT2D eigenvalue weighted by Gasteiger charge is -2.32. The van der Waals surface area contributed by atoms with Crippen molar-refractivity contribution in [3.63, 3.8) is 0 Å². The molecule has 0 amide bonds. The van der Waals surface area contributed by atoms with Crippen LogP contribution in [0, 0.1) is 0 Å². The van der Waals surface area contributed by atoms with Crippen LogP contribution < -0.4 is 10.6 Å². The number of guanidine groups is 1. The van der Waals surface area contributed by atoms with Crippen molar-refractivity contribution in [2.45, 2.75) is 58.7 Å². The maximum atomic E-state index is 5.39. The zero-order chi connectivity index (χ0) is 19.8. The van der Waals surface area contributed by atoms with Crippen LogP contribution in [-0.2, 0) is 13.1 Å². The average molecular weight is 385 g/mol. The zero-order valence-electron chi connectivity index (χ0n) is 17.2. The quantitative estimate of drug-likeness (QED) is 0.564. The molecule has 3 heterocycles. The Labute approximate surface area is 167 Å². The molecule has 0 atom stereocenters. The van der Waals surface area contributed by atoms with Crippen molar-refractivity contribution in [2.75, 3.05) is 19.6 Å². The van der Waals surface area contributed by atoms with Crippen LogP contribution in [0.25, 0.3) is 0 Å². The van der Waals surface area contributed by atoms with Gasteiger partial charge in [-0.3, -0.25) is 9.88 Å². The lowest BCUT2D eigenvalue weighted by molar-refractivity contribution is 0.196. The maximum Gasteiger partial charge on any atom is 0.191 e. The summed E-state index contributed by atoms with van der Waals surface area (Å²) >= 11 is 0. The predicted octanol–water partition coefficient (Wildman–Crippen LogP) is 2.91. The van der Waals surface area contributed by atoms with Crippen molar-refractivity contribution < 1.29 is 4.52 Å². The van der Waals surface area contributed by atoms with Gasteiger partial charge >= 0.3 is 0 Å². The molecule has 1 fully saturated rings. The Kier molecular flexibility index (Phi) is 7.42. The van der Waals surface area contributed by atoms with Crippen LogP contribution in [0.15, 0.2) is 40.0 Å². The highest BCUT2D eigenvalue weighted by Crippen LogP contribution is 2.15. The van der Waals surface area contributed by atoms with Gasteiger partial charge in [0.2, 0.25) is 0 Å². The van der Waals surface area contributed by atoms with Gasteiger partial charge in [0.05, 0.1) is 11.4 Å². The minimum atomic E-state index is 0.365. The Bertz CT molecular complexity index is 734. The lowest BCUT2D eigenvalue weighted by atomic mass is 10.0. The van der Waals surface area contributed by atoms with E-state index in [0.717, 1.165) is 62.1 Å². The summed E-state index contributed by atoms with van der Waals surface area (Å²) in [6.45, 7) is 10.7. The first kappa shape index (κ1) is 20.3. The molecule has 28 heavy (non-hydrogen) atoms. The number of aromatic nitrogens is 2. The fraction of sp³-hybridized carbons (Fsp3) is 0.571. The molecule has 2 aromatic heterocycles. The van der Waals surface area contributed by atoms with Crippen LogP contribution in [0.4, 0.5) is 0 Å². The highest BCUT2D eigenvalue weighted by atomic mass is 16.5. The molecule has 3 rings (SSSR count). The highest BCUT2D eigenvalue weighted by Gasteiger charge is 2.20. The number of hydrogen-bond donors (Lipinski definition) is 2. The molecule has 2 aromatic rings. The third kappa shape index (κ3) is 6.05. The van der Waals surface area contributed by atoms with Gasteiger partial charge in [-0.05, 0) is 37.8 Å². The van der Waals surface area contributed by atoms with Crippen molar-refractivity contribution >= 4 is 5.96 Å². The monoisotopic (exact) mass is 384 g/mol. The Balaban J connectivity index is 1.48. The molecule has 0 saturated carbocycles. The van der Waals surface area contributed by atoms with Crippen LogP contribution >= 0.6 is 0 Å². The van der Waals surface area contributed by atoms with Gasteiger partial charge < -0.3 is 15.2 Å². The number of rotatable bonds is 7. The first-order valence-electron chi connectivity index (χ1n) is 10.3. The summed E-state index contributed by atoms with van der Waals surface area (Å²) in [7, 11) is 0. The Morgan fingerprint density at radius 3 is 2.79 bits per heavy atom. The van der Waals surface area contributed by atoms with E-state index >= 15 is 0 Å². The molecule has 1 aliphatic heterocycles. The van der Waals surface area contributed by atoms with Crippen molar-refractivity contribution in [3.8, 4) is 0 Å². The van der Waals surface area contributed by atoms with E-state index in [4.69, 9.17) is 4.52 Å². The van der Waals surface area contributed by atoms with E-state index in [0.29, 0.717) is 18.5 Å². The fourth-order valence-corrected chi connectivity index (χ4v) is 3.30. The van der Waals surface area contributed by atoms with Gasteiger partial charge in [0.25, 0.3) is 0 Å². The van der Waals surface area contributed by atoms with Gasteiger partial charge in [-0.15, -0.1) is 0 Å². The summed E-state index contributed by atoms with van der Waals surface area (Å²) in [5, 5.41) is 11.0. The van der Waals surface area contributed by atoms with Gasteiger partial charge in [-0.1, -0.05) is 25.1 Å². The Morgan fingerprint density at radius 2 is 2.14 bits per heavy atom. The molecular formula is C21H32N6O. The van der Waals surface area contributed by atoms with Gasteiger partial charge in [0.1, 0.15) is 6.54 Å². The second-order valence-electron chi connectivity index (χ2n) is 7.58. The van der Waals surface area contributed by atoms with Crippen molar-refractivity contribution in [1.82, 2.24) is 25.7 Å². The molecule has 0 spiro atoms. The smallest absolute Gasteiger partial charge is 0.191 e. The molecule has 1 aliphatic rings. The van der Waals surface area contributed by atoms with E-state index in [9.17, 15) is 0 Å². The third-order valence-corrected chi connectivity index (χ3v) is 4.95. The molecule has 0 bridgehead atoms. The van der Waals surface area contributed by atoms with Crippen LogP contribution in [-0.4, -0.2) is 46.7 Å². The third-order valence-electron chi connectivity index (χ3n) is 4.95. The van der Waals surface area contributed by atoms with Crippen LogP contribution in [0.3, 0.4) is 0 Å². The van der Waals surface area contributed by atoms with E-state index in [1.165, 1.54) is 0 Å². The van der Waals surface area contributed by atoms with Crippen molar-refractivity contribution in [1.29, 1.82) is 0 Å². The van der Waals surface area contributed by atoms with Crippen LogP contribution in [0.2, 0.25) is 0 Å². The lowest BCUT2D eigenvalue weighted by Crippen LogP contribution is -2.48. The van der Waals surface area contributed by atoms with Gasteiger partial charge in [0.15, 0.2) is 11.7 Å². The molecule has 1 saturated heterocycles. The standard InChI is InChI=1S/C21H32N6O/c1-4-22-21(24-14-19-13-20(16(2)3)26-28-19)25-17-8-11-27(12-9-17)15-18-7-5-6-10-23-18/h5-7,10,13,16-17H,4,8-9,11-12,14-15H2,1-3H3,(H2,22,24,25). The summed E-state index contributed by atoms with van der Waals surface area (Å²) < 4.78 is 5.39. The largest absolute Gasteiger partial charge is 0.359 e. The summed E-state index contributed by atoms with van der Waals surface area (Å²) in [6.07, 6.45) is 4.05. The number of nitrogens with zero attached hydrogens (tertiary/aromatic N) is 4. The minimum Gasteiger partial charge on any atom is -0.359 e. The maximum absolute atomic E-state index is 5.39. The molecule has 0 aliphatic carbocycles. The SMILES string of the molecule is CCNC(=NCc1cc(C(C)C)no1)NC1CCN(Cc2ccccn2)CC1. The number of likely N-dealkylation sites (tertiary alicyclic amines) is 1. The van der Waals surface area contributed by atoms with E-state index < -0.39 is 0 Å². The minimum absolute atomic E-state index is 0.365. The first-order valence-corrected chi connectivity index (χ1v) is 10.3.